The number of carbonyl (C=O) groups excluding carboxylic acids is 1. The van der Waals surface area contributed by atoms with Crippen molar-refractivity contribution in [2.75, 3.05) is 11.1 Å². The number of rotatable bonds is 6. The number of thioether (sulfide) groups is 1. The lowest BCUT2D eigenvalue weighted by Gasteiger charge is -2.15. The second-order valence-electron chi connectivity index (χ2n) is 3.99. The van der Waals surface area contributed by atoms with Gasteiger partial charge in [-0.1, -0.05) is 12.1 Å². The molecular weight excluding hydrogens is 278 g/mol. The first-order valence-electron chi connectivity index (χ1n) is 5.83. The predicted molar refractivity (Wildman–Crippen MR) is 80.5 cm³/mol. The number of para-hydroxylation sites is 1. The normalized spacial score (nSPS) is 12.1. The van der Waals surface area contributed by atoms with E-state index in [1.807, 2.05) is 29.6 Å². The fraction of sp³-hybridized carbons (Fsp3) is 0.231. The van der Waals surface area contributed by atoms with Gasteiger partial charge in [0.1, 0.15) is 5.01 Å². The van der Waals surface area contributed by atoms with E-state index in [-0.39, 0.29) is 17.7 Å². The number of thiazole rings is 1. The first-order chi connectivity index (χ1) is 9.16. The first-order valence-corrected chi connectivity index (χ1v) is 7.69. The van der Waals surface area contributed by atoms with Crippen molar-refractivity contribution < 1.29 is 4.79 Å². The van der Waals surface area contributed by atoms with Crippen LogP contribution in [0.15, 0.2) is 40.7 Å². The van der Waals surface area contributed by atoms with Gasteiger partial charge in [-0.3, -0.25) is 4.79 Å². The van der Waals surface area contributed by atoms with Crippen LogP contribution in [0.25, 0.3) is 0 Å². The Bertz CT molecular complexity index is 543. The van der Waals surface area contributed by atoms with E-state index in [1.165, 1.54) is 11.8 Å². The van der Waals surface area contributed by atoms with Gasteiger partial charge in [-0.15, -0.1) is 23.1 Å². The van der Waals surface area contributed by atoms with Crippen molar-refractivity contribution in [3.05, 3.63) is 40.8 Å². The molecule has 6 heteroatoms. The molecule has 0 aliphatic heterocycles. The molecule has 100 valence electrons. The topological polar surface area (TPSA) is 68.0 Å². The fourth-order valence-corrected chi connectivity index (χ4v) is 3.00. The van der Waals surface area contributed by atoms with E-state index in [4.69, 9.17) is 5.73 Å². The highest BCUT2D eigenvalue weighted by atomic mass is 32.2. The molecule has 19 heavy (non-hydrogen) atoms. The minimum atomic E-state index is -0.312. The van der Waals surface area contributed by atoms with Crippen LogP contribution in [-0.2, 0) is 4.79 Å². The minimum absolute atomic E-state index is 0.135. The summed E-state index contributed by atoms with van der Waals surface area (Å²) in [5.74, 6) is -0.0302. The monoisotopic (exact) mass is 293 g/mol. The van der Waals surface area contributed by atoms with Crippen molar-refractivity contribution in [1.29, 1.82) is 0 Å². The van der Waals surface area contributed by atoms with Gasteiger partial charge in [0, 0.05) is 22.2 Å². The van der Waals surface area contributed by atoms with Gasteiger partial charge in [0.05, 0.1) is 11.8 Å². The summed E-state index contributed by atoms with van der Waals surface area (Å²) in [6, 6.07) is 8.02. The number of nitrogens with one attached hydrogen (secondary N) is 1. The summed E-state index contributed by atoms with van der Waals surface area (Å²) in [5, 5.41) is 6.41. The lowest BCUT2D eigenvalue weighted by atomic mass is 10.2. The summed E-state index contributed by atoms with van der Waals surface area (Å²) in [6.45, 7) is 2.06. The second kappa shape index (κ2) is 6.58. The number of carbonyl (C=O) groups is 1. The largest absolute Gasteiger partial charge is 0.375 e. The van der Waals surface area contributed by atoms with Crippen molar-refractivity contribution in [2.45, 2.75) is 17.9 Å². The van der Waals surface area contributed by atoms with Crippen molar-refractivity contribution in [2.24, 2.45) is 5.73 Å². The Morgan fingerprint density at radius 2 is 2.32 bits per heavy atom. The third-order valence-corrected chi connectivity index (χ3v) is 4.50. The number of hydrogen-bond donors (Lipinski definition) is 2. The summed E-state index contributed by atoms with van der Waals surface area (Å²) in [4.78, 5) is 16.2. The Morgan fingerprint density at radius 3 is 3.00 bits per heavy atom. The molecule has 0 bridgehead atoms. The van der Waals surface area contributed by atoms with Crippen LogP contribution >= 0.6 is 23.1 Å². The van der Waals surface area contributed by atoms with Gasteiger partial charge in [0.25, 0.3) is 0 Å². The number of anilines is 1. The third kappa shape index (κ3) is 3.97. The van der Waals surface area contributed by atoms with Gasteiger partial charge in [-0.2, -0.15) is 0 Å². The van der Waals surface area contributed by atoms with Crippen molar-refractivity contribution in [1.82, 2.24) is 4.98 Å². The van der Waals surface area contributed by atoms with Crippen LogP contribution in [0.1, 0.15) is 18.0 Å². The molecule has 2 rings (SSSR count). The molecule has 1 aromatic heterocycles. The summed E-state index contributed by atoms with van der Waals surface area (Å²) in [6.07, 6.45) is 1.80. The summed E-state index contributed by atoms with van der Waals surface area (Å²) in [7, 11) is 0. The molecule has 1 unspecified atom stereocenters. The predicted octanol–water partition coefficient (Wildman–Crippen LogP) is 2.89. The van der Waals surface area contributed by atoms with E-state index < -0.39 is 0 Å². The van der Waals surface area contributed by atoms with E-state index in [1.54, 1.807) is 17.5 Å². The highest BCUT2D eigenvalue weighted by Crippen LogP contribution is 2.30. The molecule has 0 fully saturated rings. The Morgan fingerprint density at radius 1 is 1.53 bits per heavy atom. The molecule has 0 aliphatic rings. The molecule has 0 saturated carbocycles. The summed E-state index contributed by atoms with van der Waals surface area (Å²) in [5.41, 5.74) is 6.18. The van der Waals surface area contributed by atoms with Gasteiger partial charge in [-0.05, 0) is 19.1 Å². The Hall–Kier alpha value is -1.53. The lowest BCUT2D eigenvalue weighted by Crippen LogP contribution is -2.13. The SMILES string of the molecule is CC(Nc1ccccc1SCC(N)=O)c1nccs1. The van der Waals surface area contributed by atoms with Gasteiger partial charge in [-0.25, -0.2) is 4.98 Å². The zero-order valence-electron chi connectivity index (χ0n) is 10.5. The van der Waals surface area contributed by atoms with Crippen LogP contribution in [0, 0.1) is 0 Å². The number of benzene rings is 1. The molecule has 0 aliphatic carbocycles. The average molecular weight is 293 g/mol. The molecule has 1 aromatic carbocycles. The van der Waals surface area contributed by atoms with E-state index in [2.05, 4.69) is 17.2 Å². The van der Waals surface area contributed by atoms with Crippen LogP contribution in [0.2, 0.25) is 0 Å². The minimum Gasteiger partial charge on any atom is -0.375 e. The maximum absolute atomic E-state index is 10.9. The molecule has 3 N–H and O–H groups in total. The van der Waals surface area contributed by atoms with Crippen molar-refractivity contribution in [3.63, 3.8) is 0 Å². The maximum Gasteiger partial charge on any atom is 0.227 e. The molecule has 4 nitrogen and oxygen atoms in total. The molecule has 0 spiro atoms. The van der Waals surface area contributed by atoms with E-state index in [0.717, 1.165) is 15.6 Å². The van der Waals surface area contributed by atoms with E-state index >= 15 is 0 Å². The molecule has 2 aromatic rings. The number of aromatic nitrogens is 1. The van der Waals surface area contributed by atoms with Crippen LogP contribution in [0.4, 0.5) is 5.69 Å². The van der Waals surface area contributed by atoms with Crippen molar-refractivity contribution in [3.8, 4) is 0 Å². The summed E-state index contributed by atoms with van der Waals surface area (Å²) >= 11 is 3.06. The van der Waals surface area contributed by atoms with Crippen LogP contribution in [-0.4, -0.2) is 16.6 Å². The zero-order chi connectivity index (χ0) is 13.7. The molecule has 0 saturated heterocycles. The second-order valence-corrected chi connectivity index (χ2v) is 5.93. The molecule has 1 atom stereocenters. The fourth-order valence-electron chi connectivity index (χ4n) is 1.60. The van der Waals surface area contributed by atoms with E-state index in [9.17, 15) is 4.79 Å². The number of amides is 1. The lowest BCUT2D eigenvalue weighted by molar-refractivity contribution is -0.115. The third-order valence-electron chi connectivity index (χ3n) is 2.45. The van der Waals surface area contributed by atoms with E-state index in [0.29, 0.717) is 0 Å². The quantitative estimate of drug-likeness (QED) is 0.804. The Balaban J connectivity index is 2.09. The highest BCUT2D eigenvalue weighted by Gasteiger charge is 2.10. The van der Waals surface area contributed by atoms with Crippen LogP contribution in [0.3, 0.4) is 0 Å². The Kier molecular flexibility index (Phi) is 4.81. The van der Waals surface area contributed by atoms with Gasteiger partial charge < -0.3 is 11.1 Å². The maximum atomic E-state index is 10.9. The standard InChI is InChI=1S/C13H15N3OS2/c1-9(13-15-6-7-18-13)16-10-4-2-3-5-11(10)19-8-12(14)17/h2-7,9,16H,8H2,1H3,(H2,14,17). The number of primary amides is 1. The molecule has 1 heterocycles. The zero-order valence-corrected chi connectivity index (χ0v) is 12.1. The molecule has 0 radical (unpaired) electrons. The molecular formula is C13H15N3OS2. The number of nitrogens with zero attached hydrogens (tertiary/aromatic N) is 1. The first kappa shape index (κ1) is 13.9. The van der Waals surface area contributed by atoms with Gasteiger partial charge in [0.2, 0.25) is 5.91 Å². The average Bonchev–Trinajstić information content (AvgIpc) is 2.91. The summed E-state index contributed by atoms with van der Waals surface area (Å²) < 4.78 is 0. The smallest absolute Gasteiger partial charge is 0.227 e. The number of hydrogen-bond acceptors (Lipinski definition) is 5. The number of nitrogens with two attached hydrogens (primary N) is 1. The van der Waals surface area contributed by atoms with Crippen LogP contribution in [0.5, 0.6) is 0 Å². The Labute approximate surface area is 120 Å². The molecule has 1 amide bonds. The van der Waals surface area contributed by atoms with Gasteiger partial charge >= 0.3 is 0 Å². The highest BCUT2D eigenvalue weighted by molar-refractivity contribution is 8.00. The van der Waals surface area contributed by atoms with Crippen molar-refractivity contribution >= 4 is 34.7 Å². The van der Waals surface area contributed by atoms with Gasteiger partial charge in [0.15, 0.2) is 0 Å². The van der Waals surface area contributed by atoms with Crippen LogP contribution < -0.4 is 11.1 Å².